The molecular formula is C10H4N4O2. The van der Waals surface area contributed by atoms with Gasteiger partial charge in [-0.25, -0.2) is 0 Å². The molecular weight excluding hydrogens is 208 g/mol. The number of fused-ring (bicyclic) bond motifs is 1. The van der Waals surface area contributed by atoms with E-state index in [4.69, 9.17) is 11.1 Å². The van der Waals surface area contributed by atoms with Crippen LogP contribution in [0.1, 0.15) is 0 Å². The first-order chi connectivity index (χ1) is 7.70. The fourth-order valence-corrected chi connectivity index (χ4v) is 1.55. The summed E-state index contributed by atoms with van der Waals surface area (Å²) in [5.41, 5.74) is 15.6. The molecule has 0 unspecified atom stereocenters. The lowest BCUT2D eigenvalue weighted by Crippen LogP contribution is -2.49. The van der Waals surface area contributed by atoms with Crippen LogP contribution in [-0.4, -0.2) is 9.58 Å². The molecule has 0 saturated carbocycles. The second-order valence-electron chi connectivity index (χ2n) is 3.10. The van der Waals surface area contributed by atoms with Crippen LogP contribution in [0.5, 0.6) is 0 Å². The minimum Gasteiger partial charge on any atom is -0.360 e. The Kier molecular flexibility index (Phi) is 2.14. The van der Waals surface area contributed by atoms with Gasteiger partial charge >= 0.3 is 16.1 Å². The van der Waals surface area contributed by atoms with Gasteiger partial charge in [0.1, 0.15) is 0 Å². The van der Waals surface area contributed by atoms with Crippen molar-refractivity contribution in [3.63, 3.8) is 0 Å². The molecule has 0 aromatic heterocycles. The molecule has 2 aromatic carbocycles. The van der Waals surface area contributed by atoms with Crippen LogP contribution in [0.25, 0.3) is 21.8 Å². The number of nitrogens with zero attached hydrogens (tertiary/aromatic N) is 4. The molecule has 0 fully saturated rings. The van der Waals surface area contributed by atoms with Gasteiger partial charge in [0.15, 0.2) is 0 Å². The maximum absolute atomic E-state index is 11.6. The van der Waals surface area contributed by atoms with Crippen LogP contribution in [0.2, 0.25) is 0 Å². The predicted molar refractivity (Wildman–Crippen MR) is 52.4 cm³/mol. The first kappa shape index (κ1) is 9.86. The fraction of sp³-hybridized carbons (Fsp3) is 0. The maximum Gasteiger partial charge on any atom is 0.454 e. The molecule has 0 heterocycles. The van der Waals surface area contributed by atoms with Gasteiger partial charge in [-0.1, -0.05) is 12.1 Å². The van der Waals surface area contributed by atoms with Crippen LogP contribution in [0.3, 0.4) is 0 Å². The van der Waals surface area contributed by atoms with Crippen molar-refractivity contribution in [3.8, 4) is 0 Å². The Morgan fingerprint density at radius 3 is 1.94 bits per heavy atom. The fourth-order valence-electron chi connectivity index (χ4n) is 1.55. The Labute approximate surface area is 87.6 Å². The third kappa shape index (κ3) is 1.15. The number of benzene rings is 2. The summed E-state index contributed by atoms with van der Waals surface area (Å²) >= 11 is 0. The average molecular weight is 212 g/mol. The van der Waals surface area contributed by atoms with Gasteiger partial charge in [-0.05, 0) is 12.1 Å². The van der Waals surface area contributed by atoms with Gasteiger partial charge in [0.05, 0.1) is 5.39 Å². The van der Waals surface area contributed by atoms with Crippen molar-refractivity contribution in [2.75, 3.05) is 0 Å². The normalized spacial score (nSPS) is 9.75. The molecule has 0 aliphatic carbocycles. The van der Waals surface area contributed by atoms with Crippen molar-refractivity contribution in [2.24, 2.45) is 0 Å². The topological polar surface area (TPSA) is 107 Å². The van der Waals surface area contributed by atoms with Crippen LogP contribution in [-0.2, 0) is 0 Å². The lowest BCUT2D eigenvalue weighted by molar-refractivity contribution is -0.108. The molecule has 0 atom stereocenters. The van der Waals surface area contributed by atoms with Crippen molar-refractivity contribution in [3.05, 3.63) is 66.5 Å². The molecule has 0 aliphatic heterocycles. The van der Waals surface area contributed by atoms with E-state index in [2.05, 4.69) is 9.58 Å². The Morgan fingerprint density at radius 2 is 1.38 bits per heavy atom. The highest BCUT2D eigenvalue weighted by atomic mass is 16.2. The zero-order valence-corrected chi connectivity index (χ0v) is 7.91. The molecule has 6 heteroatoms. The van der Waals surface area contributed by atoms with E-state index < -0.39 is 16.2 Å². The van der Waals surface area contributed by atoms with Crippen LogP contribution >= 0.6 is 0 Å². The van der Waals surface area contributed by atoms with Crippen molar-refractivity contribution in [2.45, 2.75) is 0 Å². The van der Waals surface area contributed by atoms with Crippen molar-refractivity contribution < 1.29 is 9.58 Å². The van der Waals surface area contributed by atoms with E-state index in [0.717, 1.165) is 0 Å². The highest BCUT2D eigenvalue weighted by molar-refractivity contribution is 5.81. The Hall–Kier alpha value is -2.68. The van der Waals surface area contributed by atoms with Crippen LogP contribution in [0, 0.1) is 0 Å². The van der Waals surface area contributed by atoms with E-state index >= 15 is 0 Å². The van der Waals surface area contributed by atoms with Crippen molar-refractivity contribution >= 4 is 10.8 Å². The summed E-state index contributed by atoms with van der Waals surface area (Å²) in [5, 5.41) is -0.357. The van der Waals surface area contributed by atoms with E-state index in [-0.39, 0.29) is 16.1 Å². The molecule has 0 spiro atoms. The summed E-state index contributed by atoms with van der Waals surface area (Å²) in [7, 11) is 0. The van der Waals surface area contributed by atoms with Crippen molar-refractivity contribution in [1.29, 1.82) is 0 Å². The lowest BCUT2D eigenvalue weighted by atomic mass is 10.1. The molecule has 0 saturated heterocycles. The number of hydrogen-bond acceptors (Lipinski definition) is 2. The van der Waals surface area contributed by atoms with Crippen LogP contribution in [0.15, 0.2) is 33.9 Å². The largest absolute Gasteiger partial charge is 0.454 e. The molecule has 2 aromatic rings. The van der Waals surface area contributed by atoms with Gasteiger partial charge in [0.2, 0.25) is 5.43 Å². The number of rotatable bonds is 0. The molecule has 0 bridgehead atoms. The van der Waals surface area contributed by atoms with Gasteiger partial charge in [0.25, 0.3) is 0 Å². The number of hydrogen-bond donors (Lipinski definition) is 0. The minimum absolute atomic E-state index is 0.132. The molecule has 2 rings (SSSR count). The van der Waals surface area contributed by atoms with Crippen LogP contribution < -0.4 is 21.6 Å². The third-order valence-corrected chi connectivity index (χ3v) is 2.27. The van der Waals surface area contributed by atoms with E-state index in [1.54, 1.807) is 12.1 Å². The Morgan fingerprint density at radius 1 is 0.812 bits per heavy atom. The summed E-state index contributed by atoms with van der Waals surface area (Å²) in [6.07, 6.45) is 0. The van der Waals surface area contributed by atoms with Gasteiger partial charge in [-0.2, -0.15) is 9.58 Å². The smallest absolute Gasteiger partial charge is 0.360 e. The maximum atomic E-state index is 11.6. The molecule has 16 heavy (non-hydrogen) atoms. The second-order valence-corrected chi connectivity index (χ2v) is 3.10. The summed E-state index contributed by atoms with van der Waals surface area (Å²) in [6.45, 7) is 0. The highest BCUT2D eigenvalue weighted by Crippen LogP contribution is 1.99. The molecule has 0 aliphatic rings. The molecule has 6 nitrogen and oxygen atoms in total. The monoisotopic (exact) mass is 212 g/mol. The average Bonchev–Trinajstić information content (AvgIpc) is 2.33. The Bertz CT molecular complexity index is 849. The van der Waals surface area contributed by atoms with E-state index in [0.29, 0.717) is 0 Å². The zero-order chi connectivity index (χ0) is 11.7. The van der Waals surface area contributed by atoms with Crippen LogP contribution in [0.4, 0.5) is 0 Å². The molecule has 0 amide bonds. The molecule has 0 radical (unpaired) electrons. The SMILES string of the molecule is [N-]=[N+]=c1c(=O)c(=O)c2ccccc2c1=[N+]=[N-]. The van der Waals surface area contributed by atoms with Gasteiger partial charge in [-0.3, -0.25) is 9.59 Å². The minimum atomic E-state index is -0.992. The summed E-state index contributed by atoms with van der Waals surface area (Å²) < 4.78 is 0. The second kappa shape index (κ2) is 3.47. The van der Waals surface area contributed by atoms with Gasteiger partial charge in [-0.15, -0.1) is 0 Å². The summed E-state index contributed by atoms with van der Waals surface area (Å²) in [4.78, 5) is 28.6. The predicted octanol–water partition coefficient (Wildman–Crippen LogP) is -1.30. The summed E-state index contributed by atoms with van der Waals surface area (Å²) in [6, 6.07) is 6.14. The van der Waals surface area contributed by atoms with E-state index in [1.165, 1.54) is 12.1 Å². The molecule has 76 valence electrons. The van der Waals surface area contributed by atoms with Gasteiger partial charge < -0.3 is 11.1 Å². The highest BCUT2D eigenvalue weighted by Gasteiger charge is 2.19. The zero-order valence-electron chi connectivity index (χ0n) is 7.91. The van der Waals surface area contributed by atoms with E-state index in [9.17, 15) is 9.59 Å². The lowest BCUT2D eigenvalue weighted by Gasteiger charge is -1.87. The van der Waals surface area contributed by atoms with Gasteiger partial charge in [0, 0.05) is 5.39 Å². The summed E-state index contributed by atoms with van der Waals surface area (Å²) in [5.74, 6) is 0. The first-order valence-corrected chi connectivity index (χ1v) is 4.33. The molecule has 0 N–H and O–H groups in total. The van der Waals surface area contributed by atoms with Crippen molar-refractivity contribution in [1.82, 2.24) is 0 Å². The third-order valence-electron chi connectivity index (χ3n) is 2.27. The quantitative estimate of drug-likeness (QED) is 0.307. The van der Waals surface area contributed by atoms with E-state index in [1.807, 2.05) is 0 Å². The Balaban J connectivity index is 3.52. The first-order valence-electron chi connectivity index (χ1n) is 4.33. The standard InChI is InChI=1S/C10H4N4O2/c11-13-7-5-3-1-2-4-6(5)9(15)10(16)8(7)14-12/h1-4H.